The number of methoxy groups -OCH3 is 1. The highest BCUT2D eigenvalue weighted by atomic mass is 32.2. The van der Waals surface area contributed by atoms with Crippen LogP contribution in [0, 0.1) is 5.92 Å². The van der Waals surface area contributed by atoms with Crippen molar-refractivity contribution in [1.82, 2.24) is 4.31 Å². The van der Waals surface area contributed by atoms with Crippen molar-refractivity contribution in [2.75, 3.05) is 39.2 Å². The smallest absolute Gasteiger partial charge is 0.305 e. The molecule has 0 radical (unpaired) electrons. The second-order valence-electron chi connectivity index (χ2n) is 4.68. The summed E-state index contributed by atoms with van der Waals surface area (Å²) in [5.41, 5.74) is 0. The van der Waals surface area contributed by atoms with Gasteiger partial charge in [0.2, 0.25) is 10.0 Å². The van der Waals surface area contributed by atoms with Crippen molar-refractivity contribution < 1.29 is 22.7 Å². The van der Waals surface area contributed by atoms with E-state index in [1.54, 1.807) is 0 Å². The minimum atomic E-state index is -3.29. The van der Waals surface area contributed by atoms with Gasteiger partial charge < -0.3 is 9.47 Å². The van der Waals surface area contributed by atoms with Crippen LogP contribution in [-0.2, 0) is 24.3 Å². The molecule has 1 rings (SSSR count). The second-order valence-corrected chi connectivity index (χ2v) is 6.76. The topological polar surface area (TPSA) is 72.9 Å². The summed E-state index contributed by atoms with van der Waals surface area (Å²) in [5.74, 6) is -0.0958. The third kappa shape index (κ3) is 5.46. The zero-order valence-electron chi connectivity index (χ0n) is 11.6. The average Bonchev–Trinajstić information content (AvgIpc) is 2.88. The highest BCUT2D eigenvalue weighted by Crippen LogP contribution is 2.16. The quantitative estimate of drug-likeness (QED) is 0.614. The predicted molar refractivity (Wildman–Crippen MR) is 71.2 cm³/mol. The first-order valence-corrected chi connectivity index (χ1v) is 8.23. The molecule has 0 spiro atoms. The standard InChI is InChI=1S/C12H23NO5S/c1-3-13(9-11-6-7-18-10-11)19(15,16)8-4-5-12(14)17-2/h11H,3-10H2,1-2H3. The number of sulfonamides is 1. The van der Waals surface area contributed by atoms with E-state index < -0.39 is 10.0 Å². The first-order valence-electron chi connectivity index (χ1n) is 6.62. The number of esters is 1. The van der Waals surface area contributed by atoms with E-state index in [4.69, 9.17) is 4.74 Å². The third-order valence-electron chi connectivity index (χ3n) is 3.24. The monoisotopic (exact) mass is 293 g/mol. The van der Waals surface area contributed by atoms with Crippen molar-refractivity contribution in [2.45, 2.75) is 26.2 Å². The van der Waals surface area contributed by atoms with Crippen LogP contribution in [0.4, 0.5) is 0 Å². The Morgan fingerprint density at radius 3 is 2.74 bits per heavy atom. The first-order chi connectivity index (χ1) is 8.99. The van der Waals surface area contributed by atoms with Crippen LogP contribution in [0.5, 0.6) is 0 Å². The lowest BCUT2D eigenvalue weighted by atomic mass is 10.1. The molecule has 0 amide bonds. The van der Waals surface area contributed by atoms with E-state index in [-0.39, 0.29) is 24.1 Å². The van der Waals surface area contributed by atoms with Crippen LogP contribution in [0.25, 0.3) is 0 Å². The number of rotatable bonds is 8. The molecule has 0 saturated carbocycles. The Hall–Kier alpha value is -0.660. The molecule has 6 nitrogen and oxygen atoms in total. The third-order valence-corrected chi connectivity index (χ3v) is 5.24. The molecule has 0 aromatic carbocycles. The number of carbonyl (C=O) groups is 1. The average molecular weight is 293 g/mol. The Labute approximate surface area is 115 Å². The van der Waals surface area contributed by atoms with E-state index in [1.165, 1.54) is 11.4 Å². The maximum atomic E-state index is 12.2. The minimum Gasteiger partial charge on any atom is -0.469 e. The van der Waals surface area contributed by atoms with Crippen LogP contribution in [0.2, 0.25) is 0 Å². The van der Waals surface area contributed by atoms with Crippen LogP contribution < -0.4 is 0 Å². The van der Waals surface area contributed by atoms with Gasteiger partial charge in [-0.2, -0.15) is 0 Å². The molecule has 1 atom stereocenters. The summed E-state index contributed by atoms with van der Waals surface area (Å²) in [5, 5.41) is 0. The number of carbonyl (C=O) groups excluding carboxylic acids is 1. The summed E-state index contributed by atoms with van der Waals surface area (Å²) < 4.78 is 35.5. The summed E-state index contributed by atoms with van der Waals surface area (Å²) in [7, 11) is -1.99. The lowest BCUT2D eigenvalue weighted by molar-refractivity contribution is -0.140. The molecule has 0 aromatic rings. The zero-order chi connectivity index (χ0) is 14.3. The van der Waals surface area contributed by atoms with Crippen LogP contribution in [0.1, 0.15) is 26.2 Å². The van der Waals surface area contributed by atoms with Gasteiger partial charge in [0.05, 0.1) is 19.5 Å². The van der Waals surface area contributed by atoms with E-state index in [2.05, 4.69) is 4.74 Å². The molecule has 1 aliphatic heterocycles. The second kappa shape index (κ2) is 7.81. The Balaban J connectivity index is 2.44. The maximum absolute atomic E-state index is 12.2. The van der Waals surface area contributed by atoms with Gasteiger partial charge in [-0.05, 0) is 18.8 Å². The normalized spacial score (nSPS) is 19.8. The molecule has 1 fully saturated rings. The van der Waals surface area contributed by atoms with Crippen LogP contribution in [0.15, 0.2) is 0 Å². The Morgan fingerprint density at radius 1 is 1.47 bits per heavy atom. The van der Waals surface area contributed by atoms with Crippen molar-refractivity contribution in [1.29, 1.82) is 0 Å². The van der Waals surface area contributed by atoms with Gasteiger partial charge in [0.1, 0.15) is 0 Å². The van der Waals surface area contributed by atoms with Gasteiger partial charge in [0.15, 0.2) is 0 Å². The van der Waals surface area contributed by atoms with Crippen molar-refractivity contribution in [2.24, 2.45) is 5.92 Å². The van der Waals surface area contributed by atoms with Gasteiger partial charge in [-0.25, -0.2) is 12.7 Å². The van der Waals surface area contributed by atoms with Crippen LogP contribution in [0.3, 0.4) is 0 Å². The molecule has 7 heteroatoms. The lowest BCUT2D eigenvalue weighted by Crippen LogP contribution is -2.37. The van der Waals surface area contributed by atoms with Crippen molar-refractivity contribution in [3.63, 3.8) is 0 Å². The number of hydrogen-bond acceptors (Lipinski definition) is 5. The molecule has 19 heavy (non-hydrogen) atoms. The SMILES string of the molecule is CCN(CC1CCOC1)S(=O)(=O)CCCC(=O)OC. The van der Waals surface area contributed by atoms with Gasteiger partial charge in [0.25, 0.3) is 0 Å². The van der Waals surface area contributed by atoms with Gasteiger partial charge in [-0.1, -0.05) is 6.92 Å². The molecule has 1 saturated heterocycles. The van der Waals surface area contributed by atoms with Crippen molar-refractivity contribution in [3.05, 3.63) is 0 Å². The molecular weight excluding hydrogens is 270 g/mol. The molecule has 0 bridgehead atoms. The summed E-state index contributed by atoms with van der Waals surface area (Å²) in [6, 6.07) is 0. The largest absolute Gasteiger partial charge is 0.469 e. The van der Waals surface area contributed by atoms with Crippen molar-refractivity contribution >= 4 is 16.0 Å². The van der Waals surface area contributed by atoms with E-state index in [9.17, 15) is 13.2 Å². The van der Waals surface area contributed by atoms with Gasteiger partial charge in [0, 0.05) is 26.1 Å². The first kappa shape index (κ1) is 16.4. The Morgan fingerprint density at radius 2 is 2.21 bits per heavy atom. The highest BCUT2D eigenvalue weighted by molar-refractivity contribution is 7.89. The molecule has 0 aliphatic carbocycles. The molecule has 1 aliphatic rings. The molecule has 112 valence electrons. The number of ether oxygens (including phenoxy) is 2. The fraction of sp³-hybridized carbons (Fsp3) is 0.917. The van der Waals surface area contributed by atoms with Crippen LogP contribution in [-0.4, -0.2) is 57.9 Å². The van der Waals surface area contributed by atoms with Gasteiger partial charge in [-0.3, -0.25) is 4.79 Å². The fourth-order valence-corrected chi connectivity index (χ4v) is 3.68. The molecule has 1 heterocycles. The maximum Gasteiger partial charge on any atom is 0.305 e. The Kier molecular flexibility index (Phi) is 6.74. The predicted octanol–water partition coefficient (Wildman–Crippen LogP) is 0.628. The molecule has 0 N–H and O–H groups in total. The minimum absolute atomic E-state index is 0.0104. The summed E-state index contributed by atoms with van der Waals surface area (Å²) in [6.07, 6.45) is 1.35. The fourth-order valence-electron chi connectivity index (χ4n) is 2.08. The van der Waals surface area contributed by atoms with Crippen LogP contribution >= 0.6 is 0 Å². The van der Waals surface area contributed by atoms with E-state index >= 15 is 0 Å². The summed E-state index contributed by atoms with van der Waals surface area (Å²) in [6.45, 7) is 4.14. The van der Waals surface area contributed by atoms with Gasteiger partial charge in [-0.15, -0.1) is 0 Å². The molecule has 1 unspecified atom stereocenters. The molecular formula is C12H23NO5S. The van der Waals surface area contributed by atoms with E-state index in [0.29, 0.717) is 32.7 Å². The summed E-state index contributed by atoms with van der Waals surface area (Å²) >= 11 is 0. The van der Waals surface area contributed by atoms with E-state index in [0.717, 1.165) is 6.42 Å². The summed E-state index contributed by atoms with van der Waals surface area (Å²) in [4.78, 5) is 11.0. The highest BCUT2D eigenvalue weighted by Gasteiger charge is 2.26. The van der Waals surface area contributed by atoms with E-state index in [1.807, 2.05) is 6.92 Å². The molecule has 0 aromatic heterocycles. The zero-order valence-corrected chi connectivity index (χ0v) is 12.4. The van der Waals surface area contributed by atoms with Gasteiger partial charge >= 0.3 is 5.97 Å². The van der Waals surface area contributed by atoms with Crippen molar-refractivity contribution in [3.8, 4) is 0 Å². The number of hydrogen-bond donors (Lipinski definition) is 0. The Bertz CT molecular complexity index is 376. The number of nitrogens with zero attached hydrogens (tertiary/aromatic N) is 1. The lowest BCUT2D eigenvalue weighted by Gasteiger charge is -2.23.